The number of pyridine rings is 2. The number of fused-ring (bicyclic) bond motifs is 1. The summed E-state index contributed by atoms with van der Waals surface area (Å²) in [7, 11) is 0. The number of benzene rings is 2. The third kappa shape index (κ3) is 4.63. The van der Waals surface area contributed by atoms with Gasteiger partial charge in [-0.3, -0.25) is 14.9 Å². The zero-order valence-corrected chi connectivity index (χ0v) is 17.2. The van der Waals surface area contributed by atoms with Crippen LogP contribution in [0.15, 0.2) is 79.0 Å². The van der Waals surface area contributed by atoms with Crippen molar-refractivity contribution in [2.45, 2.75) is 19.1 Å². The molecule has 3 heterocycles. The minimum absolute atomic E-state index is 0.0602. The van der Waals surface area contributed by atoms with Crippen LogP contribution < -0.4 is 0 Å². The van der Waals surface area contributed by atoms with Crippen molar-refractivity contribution in [3.8, 4) is 0 Å². The van der Waals surface area contributed by atoms with Crippen molar-refractivity contribution >= 4 is 10.9 Å². The van der Waals surface area contributed by atoms with E-state index in [0.29, 0.717) is 13.0 Å². The molecule has 5 rings (SSSR count). The second-order valence-corrected chi connectivity index (χ2v) is 7.94. The van der Waals surface area contributed by atoms with E-state index < -0.39 is 0 Å². The predicted molar refractivity (Wildman–Crippen MR) is 119 cm³/mol. The maximum Gasteiger partial charge on any atom is 0.123 e. The topological polar surface area (TPSA) is 38.2 Å². The smallest absolute Gasteiger partial charge is 0.123 e. The standard InChI is InChI=1S/C26H24FN3O/c27-21-10-8-19(9-11-21)16-22-4-3-7-25(29-22)26-18-30(14-15-31-26)17-20-12-13-28-24-6-2-1-5-23(20)24/h1-13,26H,14-18H2/t26-/m1/s1. The fraction of sp³-hybridized carbons (Fsp3) is 0.231. The molecule has 0 amide bonds. The van der Waals surface area contributed by atoms with Gasteiger partial charge in [0.05, 0.1) is 17.8 Å². The molecule has 0 N–H and O–H groups in total. The van der Waals surface area contributed by atoms with Crippen molar-refractivity contribution in [3.63, 3.8) is 0 Å². The molecular formula is C26H24FN3O. The minimum Gasteiger partial charge on any atom is -0.369 e. The van der Waals surface area contributed by atoms with E-state index in [2.05, 4.69) is 34.1 Å². The summed E-state index contributed by atoms with van der Waals surface area (Å²) >= 11 is 0. The van der Waals surface area contributed by atoms with Gasteiger partial charge in [-0.25, -0.2) is 4.39 Å². The second-order valence-electron chi connectivity index (χ2n) is 7.94. The van der Waals surface area contributed by atoms with Crippen LogP contribution in [-0.4, -0.2) is 34.6 Å². The van der Waals surface area contributed by atoms with E-state index in [1.807, 2.05) is 42.6 Å². The Labute approximate surface area is 181 Å². The molecule has 156 valence electrons. The van der Waals surface area contributed by atoms with E-state index in [4.69, 9.17) is 9.72 Å². The number of ether oxygens (including phenoxy) is 1. The first-order chi connectivity index (χ1) is 15.2. The third-order valence-electron chi connectivity index (χ3n) is 5.74. The predicted octanol–water partition coefficient (Wildman–Crippen LogP) is 4.93. The maximum atomic E-state index is 13.2. The van der Waals surface area contributed by atoms with Gasteiger partial charge in [0, 0.05) is 43.3 Å². The average molecular weight is 413 g/mol. The first kappa shape index (κ1) is 19.8. The van der Waals surface area contributed by atoms with Gasteiger partial charge in [0.15, 0.2) is 0 Å². The molecule has 0 radical (unpaired) electrons. The van der Waals surface area contributed by atoms with Gasteiger partial charge >= 0.3 is 0 Å². The Balaban J connectivity index is 1.30. The van der Waals surface area contributed by atoms with Crippen LogP contribution >= 0.6 is 0 Å². The Morgan fingerprint density at radius 2 is 1.84 bits per heavy atom. The van der Waals surface area contributed by atoms with Crippen LogP contribution in [0.5, 0.6) is 0 Å². The van der Waals surface area contributed by atoms with Crippen molar-refractivity contribution in [2.24, 2.45) is 0 Å². The van der Waals surface area contributed by atoms with Crippen LogP contribution in [0.1, 0.15) is 28.6 Å². The number of aromatic nitrogens is 2. The molecule has 4 aromatic rings. The van der Waals surface area contributed by atoms with E-state index >= 15 is 0 Å². The lowest BCUT2D eigenvalue weighted by atomic mass is 10.1. The summed E-state index contributed by atoms with van der Waals surface area (Å²) < 4.78 is 19.2. The summed E-state index contributed by atoms with van der Waals surface area (Å²) in [4.78, 5) is 11.7. The van der Waals surface area contributed by atoms with Gasteiger partial charge in [-0.2, -0.15) is 0 Å². The zero-order chi connectivity index (χ0) is 21.0. The van der Waals surface area contributed by atoms with Gasteiger partial charge in [0.25, 0.3) is 0 Å². The fourth-order valence-corrected chi connectivity index (χ4v) is 4.15. The molecule has 4 nitrogen and oxygen atoms in total. The van der Waals surface area contributed by atoms with Crippen LogP contribution in [0.2, 0.25) is 0 Å². The van der Waals surface area contributed by atoms with E-state index in [-0.39, 0.29) is 11.9 Å². The highest BCUT2D eigenvalue weighted by Crippen LogP contribution is 2.24. The van der Waals surface area contributed by atoms with Crippen LogP contribution in [0.3, 0.4) is 0 Å². The summed E-state index contributed by atoms with van der Waals surface area (Å²) in [6.07, 6.45) is 2.50. The molecule has 0 spiro atoms. The Morgan fingerprint density at radius 3 is 2.74 bits per heavy atom. The number of morpholine rings is 1. The van der Waals surface area contributed by atoms with Gasteiger partial charge in [0.2, 0.25) is 0 Å². The molecule has 1 fully saturated rings. The summed E-state index contributed by atoms with van der Waals surface area (Å²) in [6, 6.07) is 23.0. The second kappa shape index (κ2) is 8.92. The molecule has 0 aliphatic carbocycles. The molecule has 2 aromatic heterocycles. The summed E-state index contributed by atoms with van der Waals surface area (Å²) in [5, 5.41) is 1.20. The fourth-order valence-electron chi connectivity index (χ4n) is 4.15. The first-order valence-corrected chi connectivity index (χ1v) is 10.6. The molecule has 0 unspecified atom stereocenters. The Morgan fingerprint density at radius 1 is 0.968 bits per heavy atom. The quantitative estimate of drug-likeness (QED) is 0.465. The van der Waals surface area contributed by atoms with Crippen molar-refractivity contribution in [1.29, 1.82) is 0 Å². The van der Waals surface area contributed by atoms with Crippen molar-refractivity contribution in [1.82, 2.24) is 14.9 Å². The Kier molecular flexibility index (Phi) is 5.69. The van der Waals surface area contributed by atoms with Crippen LogP contribution in [0, 0.1) is 5.82 Å². The molecule has 1 atom stereocenters. The van der Waals surface area contributed by atoms with Gasteiger partial charge in [-0.1, -0.05) is 36.4 Å². The lowest BCUT2D eigenvalue weighted by Gasteiger charge is -2.33. The van der Waals surface area contributed by atoms with Crippen molar-refractivity contribution in [2.75, 3.05) is 19.7 Å². The number of halogens is 1. The molecule has 31 heavy (non-hydrogen) atoms. The highest BCUT2D eigenvalue weighted by molar-refractivity contribution is 5.81. The normalized spacial score (nSPS) is 17.1. The third-order valence-corrected chi connectivity index (χ3v) is 5.74. The summed E-state index contributed by atoms with van der Waals surface area (Å²) in [5.41, 5.74) is 5.26. The zero-order valence-electron chi connectivity index (χ0n) is 17.2. The molecular weight excluding hydrogens is 389 g/mol. The molecule has 0 saturated carbocycles. The van der Waals surface area contributed by atoms with Gasteiger partial charge < -0.3 is 4.74 Å². The number of hydrogen-bond acceptors (Lipinski definition) is 4. The van der Waals surface area contributed by atoms with Gasteiger partial charge in [-0.15, -0.1) is 0 Å². The Bertz CT molecular complexity index is 1170. The number of hydrogen-bond donors (Lipinski definition) is 0. The highest BCUT2D eigenvalue weighted by atomic mass is 19.1. The van der Waals surface area contributed by atoms with E-state index in [9.17, 15) is 4.39 Å². The molecule has 1 aliphatic rings. The van der Waals surface area contributed by atoms with Crippen LogP contribution in [0.4, 0.5) is 4.39 Å². The molecule has 0 bridgehead atoms. The van der Waals surface area contributed by atoms with Gasteiger partial charge in [-0.05, 0) is 47.5 Å². The number of nitrogens with zero attached hydrogens (tertiary/aromatic N) is 3. The maximum absolute atomic E-state index is 13.2. The lowest BCUT2D eigenvalue weighted by Crippen LogP contribution is -2.38. The Hall–Kier alpha value is -3.15. The minimum atomic E-state index is -0.219. The number of rotatable bonds is 5. The molecule has 2 aromatic carbocycles. The summed E-state index contributed by atoms with van der Waals surface area (Å²) in [5.74, 6) is -0.219. The lowest BCUT2D eigenvalue weighted by molar-refractivity contribution is -0.0349. The van der Waals surface area contributed by atoms with Crippen LogP contribution in [0.25, 0.3) is 10.9 Å². The first-order valence-electron chi connectivity index (χ1n) is 10.6. The summed E-state index contributed by atoms with van der Waals surface area (Å²) in [6.45, 7) is 3.22. The van der Waals surface area contributed by atoms with Crippen molar-refractivity contribution < 1.29 is 9.13 Å². The van der Waals surface area contributed by atoms with E-state index in [1.54, 1.807) is 0 Å². The number of para-hydroxylation sites is 1. The monoisotopic (exact) mass is 413 g/mol. The molecule has 5 heteroatoms. The molecule has 1 aliphatic heterocycles. The van der Waals surface area contributed by atoms with E-state index in [1.165, 1.54) is 23.1 Å². The SMILES string of the molecule is Fc1ccc(Cc2cccc([C@H]3CN(Cc4ccnc5ccccc45)CCO3)n2)cc1. The van der Waals surface area contributed by atoms with E-state index in [0.717, 1.165) is 42.1 Å². The van der Waals surface area contributed by atoms with Crippen LogP contribution in [-0.2, 0) is 17.7 Å². The highest BCUT2D eigenvalue weighted by Gasteiger charge is 2.23. The van der Waals surface area contributed by atoms with Crippen molar-refractivity contribution in [3.05, 3.63) is 107 Å². The molecule has 1 saturated heterocycles. The average Bonchev–Trinajstić information content (AvgIpc) is 2.81. The van der Waals surface area contributed by atoms with Gasteiger partial charge in [0.1, 0.15) is 11.9 Å². The largest absolute Gasteiger partial charge is 0.369 e.